The molecule has 2 rings (SSSR count). The van der Waals surface area contributed by atoms with Crippen LogP contribution in [-0.4, -0.2) is 35.7 Å². The molecule has 0 aromatic heterocycles. The molecule has 24 heavy (non-hydrogen) atoms. The predicted octanol–water partition coefficient (Wildman–Crippen LogP) is 3.52. The van der Waals surface area contributed by atoms with Gasteiger partial charge in [-0.25, -0.2) is 8.78 Å². The van der Waals surface area contributed by atoms with Crippen molar-refractivity contribution < 1.29 is 18.4 Å². The van der Waals surface area contributed by atoms with Crippen molar-refractivity contribution in [1.29, 1.82) is 0 Å². The Kier molecular flexibility index (Phi) is 6.06. The number of amides is 1. The van der Waals surface area contributed by atoms with Crippen LogP contribution in [-0.2, 0) is 9.63 Å². The highest BCUT2D eigenvalue weighted by atomic mass is 19.1. The fourth-order valence-electron chi connectivity index (χ4n) is 2.57. The first kappa shape index (κ1) is 18.1. The number of hydrogen-bond acceptors (Lipinski definition) is 3. The summed E-state index contributed by atoms with van der Waals surface area (Å²) in [5.41, 5.74) is 0.648. The molecule has 0 N–H and O–H groups in total. The fourth-order valence-corrected chi connectivity index (χ4v) is 2.57. The van der Waals surface area contributed by atoms with Crippen LogP contribution in [0.2, 0.25) is 0 Å². The zero-order valence-corrected chi connectivity index (χ0v) is 14.0. The van der Waals surface area contributed by atoms with Gasteiger partial charge in [0.05, 0.1) is 12.3 Å². The lowest BCUT2D eigenvalue weighted by Crippen LogP contribution is -2.38. The van der Waals surface area contributed by atoms with Crippen molar-refractivity contribution in [3.05, 3.63) is 48.1 Å². The number of halogens is 2. The van der Waals surface area contributed by atoms with Crippen LogP contribution in [0.3, 0.4) is 0 Å². The lowest BCUT2D eigenvalue weighted by Gasteiger charge is -2.24. The van der Waals surface area contributed by atoms with Crippen molar-refractivity contribution in [3.8, 4) is 0 Å². The lowest BCUT2D eigenvalue weighted by molar-refractivity contribution is -0.133. The number of nitrogens with zero attached hydrogens (tertiary/aromatic N) is 2. The van der Waals surface area contributed by atoms with Gasteiger partial charge in [0.15, 0.2) is 6.10 Å². The standard InChI is InChI=1S/C18H22F2N2O2/c1-4-7-22(18(23)8-12(2)3)11-14-10-17(21-24-14)15-6-5-13(19)9-16(15)20/h4-6,9,12,14H,1,7-8,10-11H2,2-3H3/t14-/m1/s1. The molecule has 4 nitrogen and oxygen atoms in total. The van der Waals surface area contributed by atoms with Gasteiger partial charge in [0.2, 0.25) is 5.91 Å². The van der Waals surface area contributed by atoms with Crippen molar-refractivity contribution in [3.63, 3.8) is 0 Å². The van der Waals surface area contributed by atoms with Gasteiger partial charge in [0.25, 0.3) is 0 Å². The summed E-state index contributed by atoms with van der Waals surface area (Å²) < 4.78 is 26.8. The van der Waals surface area contributed by atoms with E-state index in [1.165, 1.54) is 12.1 Å². The van der Waals surface area contributed by atoms with Gasteiger partial charge in [-0.05, 0) is 18.1 Å². The summed E-state index contributed by atoms with van der Waals surface area (Å²) in [6.07, 6.45) is 2.13. The minimum Gasteiger partial charge on any atom is -0.390 e. The summed E-state index contributed by atoms with van der Waals surface area (Å²) in [4.78, 5) is 19.3. The van der Waals surface area contributed by atoms with Crippen LogP contribution in [0, 0.1) is 17.6 Å². The third kappa shape index (κ3) is 4.63. The summed E-state index contributed by atoms with van der Waals surface area (Å²) in [7, 11) is 0. The topological polar surface area (TPSA) is 41.9 Å². The van der Waals surface area contributed by atoms with Crippen LogP contribution in [0.15, 0.2) is 36.0 Å². The monoisotopic (exact) mass is 336 g/mol. The maximum Gasteiger partial charge on any atom is 0.223 e. The first-order chi connectivity index (χ1) is 11.4. The van der Waals surface area contributed by atoms with Gasteiger partial charge in [-0.2, -0.15) is 0 Å². The molecular weight excluding hydrogens is 314 g/mol. The van der Waals surface area contributed by atoms with E-state index >= 15 is 0 Å². The van der Waals surface area contributed by atoms with E-state index in [0.717, 1.165) is 6.07 Å². The van der Waals surface area contributed by atoms with E-state index in [4.69, 9.17) is 4.84 Å². The van der Waals surface area contributed by atoms with Gasteiger partial charge in [-0.15, -0.1) is 6.58 Å². The van der Waals surface area contributed by atoms with Crippen LogP contribution in [0.4, 0.5) is 8.78 Å². The Morgan fingerprint density at radius 2 is 2.25 bits per heavy atom. The molecule has 0 aliphatic carbocycles. The maximum absolute atomic E-state index is 13.8. The molecular formula is C18H22F2N2O2. The minimum absolute atomic E-state index is 0.0231. The summed E-state index contributed by atoms with van der Waals surface area (Å²) in [6, 6.07) is 3.35. The van der Waals surface area contributed by atoms with E-state index in [1.807, 2.05) is 13.8 Å². The molecule has 1 atom stereocenters. The van der Waals surface area contributed by atoms with Crippen molar-refractivity contribution >= 4 is 11.6 Å². The first-order valence-corrected chi connectivity index (χ1v) is 7.97. The van der Waals surface area contributed by atoms with Gasteiger partial charge in [-0.3, -0.25) is 4.79 Å². The normalized spacial score (nSPS) is 16.7. The van der Waals surface area contributed by atoms with E-state index in [1.54, 1.807) is 11.0 Å². The Morgan fingerprint density at radius 3 is 2.88 bits per heavy atom. The molecule has 1 heterocycles. The largest absolute Gasteiger partial charge is 0.390 e. The zero-order valence-electron chi connectivity index (χ0n) is 14.0. The number of rotatable bonds is 7. The lowest BCUT2D eigenvalue weighted by atomic mass is 10.0. The number of carbonyl (C=O) groups excluding carboxylic acids is 1. The molecule has 0 spiro atoms. The van der Waals surface area contributed by atoms with E-state index < -0.39 is 11.6 Å². The SMILES string of the molecule is C=CCN(C[C@H]1CC(c2ccc(F)cc2F)=NO1)C(=O)CC(C)C. The predicted molar refractivity (Wildman–Crippen MR) is 88.6 cm³/mol. The average Bonchev–Trinajstić information content (AvgIpc) is 2.94. The quantitative estimate of drug-likeness (QED) is 0.715. The Bertz CT molecular complexity index is 644. The molecule has 0 saturated carbocycles. The molecule has 0 unspecified atom stereocenters. The van der Waals surface area contributed by atoms with E-state index in [-0.39, 0.29) is 23.5 Å². The van der Waals surface area contributed by atoms with Gasteiger partial charge in [0, 0.05) is 31.0 Å². The molecule has 1 aromatic rings. The highest BCUT2D eigenvalue weighted by molar-refractivity contribution is 6.01. The molecule has 130 valence electrons. The number of benzene rings is 1. The number of hydrogen-bond donors (Lipinski definition) is 0. The van der Waals surface area contributed by atoms with E-state index in [0.29, 0.717) is 31.6 Å². The highest BCUT2D eigenvalue weighted by Gasteiger charge is 2.27. The van der Waals surface area contributed by atoms with Crippen LogP contribution in [0.25, 0.3) is 0 Å². The summed E-state index contributed by atoms with van der Waals surface area (Å²) in [5.74, 6) is -1.02. The average molecular weight is 336 g/mol. The van der Waals surface area contributed by atoms with Crippen LogP contribution >= 0.6 is 0 Å². The highest BCUT2D eigenvalue weighted by Crippen LogP contribution is 2.21. The van der Waals surface area contributed by atoms with Crippen molar-refractivity contribution in [2.45, 2.75) is 32.8 Å². The minimum atomic E-state index is -0.670. The summed E-state index contributed by atoms with van der Waals surface area (Å²) in [6.45, 7) is 8.41. The van der Waals surface area contributed by atoms with Crippen molar-refractivity contribution in [1.82, 2.24) is 4.90 Å². The third-order valence-electron chi connectivity index (χ3n) is 3.68. The van der Waals surface area contributed by atoms with E-state index in [2.05, 4.69) is 11.7 Å². The number of oxime groups is 1. The molecule has 0 radical (unpaired) electrons. The van der Waals surface area contributed by atoms with Crippen molar-refractivity contribution in [2.24, 2.45) is 11.1 Å². The second kappa shape index (κ2) is 8.04. The molecule has 1 amide bonds. The van der Waals surface area contributed by atoms with Crippen LogP contribution in [0.1, 0.15) is 32.3 Å². The second-order valence-electron chi connectivity index (χ2n) is 6.28. The third-order valence-corrected chi connectivity index (χ3v) is 3.68. The van der Waals surface area contributed by atoms with Gasteiger partial charge >= 0.3 is 0 Å². The second-order valence-corrected chi connectivity index (χ2v) is 6.28. The molecule has 0 fully saturated rings. The molecule has 0 bridgehead atoms. The Hall–Kier alpha value is -2.24. The van der Waals surface area contributed by atoms with Gasteiger partial charge < -0.3 is 9.74 Å². The van der Waals surface area contributed by atoms with Crippen LogP contribution in [0.5, 0.6) is 0 Å². The molecule has 6 heteroatoms. The van der Waals surface area contributed by atoms with Crippen molar-refractivity contribution in [2.75, 3.05) is 13.1 Å². The first-order valence-electron chi connectivity index (χ1n) is 7.97. The van der Waals surface area contributed by atoms with Gasteiger partial charge in [-0.1, -0.05) is 25.1 Å². The fraction of sp³-hybridized carbons (Fsp3) is 0.444. The Balaban J connectivity index is 2.00. The maximum atomic E-state index is 13.8. The molecule has 1 aliphatic rings. The summed E-state index contributed by atoms with van der Waals surface area (Å²) in [5, 5.41) is 3.90. The number of carbonyl (C=O) groups is 1. The molecule has 1 aliphatic heterocycles. The van der Waals surface area contributed by atoms with Crippen LogP contribution < -0.4 is 0 Å². The zero-order chi connectivity index (χ0) is 17.7. The molecule has 0 saturated heterocycles. The Labute approximate surface area is 140 Å². The van der Waals surface area contributed by atoms with E-state index in [9.17, 15) is 13.6 Å². The Morgan fingerprint density at radius 1 is 1.50 bits per heavy atom. The molecule has 1 aromatic carbocycles. The van der Waals surface area contributed by atoms with Gasteiger partial charge in [0.1, 0.15) is 11.6 Å². The summed E-state index contributed by atoms with van der Waals surface area (Å²) >= 11 is 0. The smallest absolute Gasteiger partial charge is 0.223 e.